The normalized spacial score (nSPS) is 17.7. The number of carbonyl (C=O) groups excluding carboxylic acids is 1. The zero-order valence-electron chi connectivity index (χ0n) is 18.5. The van der Waals surface area contributed by atoms with E-state index in [9.17, 15) is 13.2 Å². The van der Waals surface area contributed by atoms with E-state index >= 15 is 0 Å². The average Bonchev–Trinajstić information content (AvgIpc) is 2.84. The van der Waals surface area contributed by atoms with Gasteiger partial charge in [0.05, 0.1) is 47.7 Å². The summed E-state index contributed by atoms with van der Waals surface area (Å²) in [7, 11) is -3.74. The van der Waals surface area contributed by atoms with Gasteiger partial charge in [-0.15, -0.1) is 0 Å². The summed E-state index contributed by atoms with van der Waals surface area (Å²) in [5.41, 5.74) is 2.26. The highest BCUT2D eigenvalue weighted by atomic mass is 35.5. The minimum atomic E-state index is -3.74. The second-order valence-electron chi connectivity index (χ2n) is 7.88. The molecule has 2 saturated heterocycles. The van der Waals surface area contributed by atoms with E-state index < -0.39 is 15.9 Å². The van der Waals surface area contributed by atoms with Gasteiger partial charge in [-0.1, -0.05) is 30.7 Å². The molecular formula is C23H28ClN3O5S. The van der Waals surface area contributed by atoms with E-state index in [1.54, 1.807) is 30.3 Å². The lowest BCUT2D eigenvalue weighted by Crippen LogP contribution is -2.41. The van der Waals surface area contributed by atoms with Gasteiger partial charge in [0, 0.05) is 31.7 Å². The number of hydrogen-bond donors (Lipinski definition) is 1. The lowest BCUT2D eigenvalue weighted by Gasteiger charge is -2.31. The van der Waals surface area contributed by atoms with E-state index in [1.165, 1.54) is 10.4 Å². The first-order valence-electron chi connectivity index (χ1n) is 11.0. The summed E-state index contributed by atoms with van der Waals surface area (Å²) >= 11 is 6.47. The van der Waals surface area contributed by atoms with Gasteiger partial charge in [-0.2, -0.15) is 4.31 Å². The van der Waals surface area contributed by atoms with Crippen molar-refractivity contribution in [1.82, 2.24) is 4.31 Å². The molecule has 0 radical (unpaired) electrons. The third-order valence-electron chi connectivity index (χ3n) is 5.86. The van der Waals surface area contributed by atoms with Gasteiger partial charge in [0.15, 0.2) is 0 Å². The van der Waals surface area contributed by atoms with Crippen molar-refractivity contribution >= 4 is 38.9 Å². The van der Waals surface area contributed by atoms with Gasteiger partial charge in [-0.25, -0.2) is 8.42 Å². The molecule has 1 amide bonds. The highest BCUT2D eigenvalue weighted by molar-refractivity contribution is 7.89. The van der Waals surface area contributed by atoms with Gasteiger partial charge in [-0.05, 0) is 36.2 Å². The van der Waals surface area contributed by atoms with E-state index in [-0.39, 0.29) is 10.5 Å². The monoisotopic (exact) mass is 493 g/mol. The third-order valence-corrected chi connectivity index (χ3v) is 8.15. The Hall–Kier alpha value is -2.17. The molecule has 2 aliphatic heterocycles. The van der Waals surface area contributed by atoms with Crippen molar-refractivity contribution in [2.75, 3.05) is 62.8 Å². The summed E-state index contributed by atoms with van der Waals surface area (Å²) in [6.45, 7) is 5.72. The maximum atomic E-state index is 13.3. The van der Waals surface area contributed by atoms with E-state index in [1.807, 2.05) is 6.92 Å². The van der Waals surface area contributed by atoms with Crippen LogP contribution in [0.4, 0.5) is 11.4 Å². The summed E-state index contributed by atoms with van der Waals surface area (Å²) in [6.07, 6.45) is 0.538. The van der Waals surface area contributed by atoms with Crippen LogP contribution in [-0.4, -0.2) is 71.2 Å². The molecule has 2 fully saturated rings. The van der Waals surface area contributed by atoms with E-state index in [4.69, 9.17) is 21.1 Å². The Morgan fingerprint density at radius 3 is 2.36 bits per heavy atom. The molecule has 0 atom stereocenters. The molecule has 0 bridgehead atoms. The Bertz CT molecular complexity index is 1110. The van der Waals surface area contributed by atoms with Crippen LogP contribution in [0.25, 0.3) is 0 Å². The van der Waals surface area contributed by atoms with Gasteiger partial charge < -0.3 is 19.7 Å². The number of anilines is 2. The fraction of sp³-hybridized carbons (Fsp3) is 0.435. The highest BCUT2D eigenvalue weighted by Gasteiger charge is 2.29. The topological polar surface area (TPSA) is 88.2 Å². The molecule has 0 aromatic heterocycles. The number of carbonyl (C=O) groups is 1. The summed E-state index contributed by atoms with van der Waals surface area (Å²) in [4.78, 5) is 15.4. The number of nitrogens with zero attached hydrogens (tertiary/aromatic N) is 2. The first-order valence-corrected chi connectivity index (χ1v) is 12.9. The summed E-state index contributed by atoms with van der Waals surface area (Å²) in [5, 5.41) is 3.46. The number of hydrogen-bond acceptors (Lipinski definition) is 6. The molecule has 2 aliphatic rings. The molecule has 178 valence electrons. The molecule has 8 nitrogen and oxygen atoms in total. The van der Waals surface area contributed by atoms with Crippen LogP contribution in [0.5, 0.6) is 0 Å². The molecule has 33 heavy (non-hydrogen) atoms. The number of morpholine rings is 2. The predicted molar refractivity (Wildman–Crippen MR) is 128 cm³/mol. The first kappa shape index (κ1) is 24.0. The van der Waals surface area contributed by atoms with Gasteiger partial charge in [0.2, 0.25) is 10.0 Å². The van der Waals surface area contributed by atoms with Crippen LogP contribution in [0.1, 0.15) is 22.8 Å². The summed E-state index contributed by atoms with van der Waals surface area (Å²) in [6, 6.07) is 10.2. The van der Waals surface area contributed by atoms with Crippen molar-refractivity contribution in [2.45, 2.75) is 18.2 Å². The van der Waals surface area contributed by atoms with Crippen molar-refractivity contribution in [3.8, 4) is 0 Å². The summed E-state index contributed by atoms with van der Waals surface area (Å²) in [5.74, 6) is -0.396. The van der Waals surface area contributed by atoms with Crippen LogP contribution in [-0.2, 0) is 25.9 Å². The molecule has 1 N–H and O–H groups in total. The number of ether oxygens (including phenoxy) is 2. The fourth-order valence-corrected chi connectivity index (χ4v) is 6.09. The standard InChI is InChI=1S/C23H28ClN3O5S/c1-2-17-6-7-18(16-21(17)33(29,30)27-10-14-32-15-11-27)23(28)25-20-5-3-4-19(24)22(20)26-8-12-31-13-9-26/h3-7,16H,2,8-15H2,1H3,(H,25,28). The van der Waals surface area contributed by atoms with Crippen LogP contribution in [0.3, 0.4) is 0 Å². The Balaban J connectivity index is 1.64. The number of aryl methyl sites for hydroxylation is 1. The van der Waals surface area contributed by atoms with Crippen LogP contribution in [0.15, 0.2) is 41.3 Å². The molecular weight excluding hydrogens is 466 g/mol. The second-order valence-corrected chi connectivity index (χ2v) is 10.2. The third kappa shape index (κ3) is 5.17. The average molecular weight is 494 g/mol. The SMILES string of the molecule is CCc1ccc(C(=O)Nc2cccc(Cl)c2N2CCOCC2)cc1S(=O)(=O)N1CCOCC1. The predicted octanol–water partition coefficient (Wildman–Crippen LogP) is 3.01. The smallest absolute Gasteiger partial charge is 0.255 e. The molecule has 4 rings (SSSR count). The number of amides is 1. The molecule has 0 saturated carbocycles. The fourth-order valence-electron chi connectivity index (χ4n) is 4.07. The van der Waals surface area contributed by atoms with Crippen molar-refractivity contribution in [1.29, 1.82) is 0 Å². The highest BCUT2D eigenvalue weighted by Crippen LogP contribution is 2.35. The van der Waals surface area contributed by atoms with E-state index in [2.05, 4.69) is 10.2 Å². The van der Waals surface area contributed by atoms with Crippen LogP contribution >= 0.6 is 11.6 Å². The number of sulfonamides is 1. The maximum Gasteiger partial charge on any atom is 0.255 e. The molecule has 0 aliphatic carbocycles. The molecule has 2 aromatic carbocycles. The van der Waals surface area contributed by atoms with Gasteiger partial charge in [0.25, 0.3) is 5.91 Å². The number of nitrogens with one attached hydrogen (secondary N) is 1. The Labute approximate surface area is 199 Å². The van der Waals surface area contributed by atoms with Gasteiger partial charge in [-0.3, -0.25) is 4.79 Å². The van der Waals surface area contributed by atoms with Crippen molar-refractivity contribution in [3.05, 3.63) is 52.5 Å². The van der Waals surface area contributed by atoms with Crippen LogP contribution in [0, 0.1) is 0 Å². The number of halogens is 1. The molecule has 0 spiro atoms. The van der Waals surface area contributed by atoms with Gasteiger partial charge >= 0.3 is 0 Å². The lowest BCUT2D eigenvalue weighted by molar-refractivity contribution is 0.0730. The number of benzene rings is 2. The van der Waals surface area contributed by atoms with Crippen LogP contribution in [0.2, 0.25) is 5.02 Å². The van der Waals surface area contributed by atoms with Crippen molar-refractivity contribution < 1.29 is 22.7 Å². The Kier molecular flexibility index (Phi) is 7.55. The minimum absolute atomic E-state index is 0.166. The van der Waals surface area contributed by atoms with Crippen LogP contribution < -0.4 is 10.2 Å². The lowest BCUT2D eigenvalue weighted by atomic mass is 10.1. The Morgan fingerprint density at radius 1 is 1.03 bits per heavy atom. The number of rotatable bonds is 6. The second kappa shape index (κ2) is 10.4. The maximum absolute atomic E-state index is 13.3. The largest absolute Gasteiger partial charge is 0.379 e. The van der Waals surface area contributed by atoms with Crippen molar-refractivity contribution in [2.24, 2.45) is 0 Å². The zero-order chi connectivity index (χ0) is 23.4. The summed E-state index contributed by atoms with van der Waals surface area (Å²) < 4.78 is 38.8. The number of para-hydroxylation sites is 1. The zero-order valence-corrected chi connectivity index (χ0v) is 20.1. The molecule has 2 aromatic rings. The van der Waals surface area contributed by atoms with Gasteiger partial charge in [0.1, 0.15) is 0 Å². The molecule has 2 heterocycles. The van der Waals surface area contributed by atoms with E-state index in [0.717, 1.165) is 5.69 Å². The molecule has 0 unspecified atom stereocenters. The minimum Gasteiger partial charge on any atom is -0.379 e. The first-order chi connectivity index (χ1) is 15.9. The van der Waals surface area contributed by atoms with Crippen molar-refractivity contribution in [3.63, 3.8) is 0 Å². The Morgan fingerprint density at radius 2 is 1.70 bits per heavy atom. The quantitative estimate of drug-likeness (QED) is 0.665. The van der Waals surface area contributed by atoms with E-state index in [0.29, 0.717) is 75.3 Å². The molecule has 10 heteroatoms.